The van der Waals surface area contributed by atoms with Gasteiger partial charge in [-0.3, -0.25) is 4.79 Å². The van der Waals surface area contributed by atoms with Gasteiger partial charge in [0.15, 0.2) is 5.78 Å². The van der Waals surface area contributed by atoms with Gasteiger partial charge >= 0.3 is 0 Å². The molecule has 148 valence electrons. The molecule has 0 radical (unpaired) electrons. The van der Waals surface area contributed by atoms with Crippen molar-refractivity contribution >= 4 is 23.0 Å². The third kappa shape index (κ3) is 3.31. The first-order valence-electron chi connectivity index (χ1n) is 10.1. The number of rotatable bonds is 1. The first kappa shape index (κ1) is 19.6. The highest BCUT2D eigenvalue weighted by molar-refractivity contribution is 6.39. The number of carbonyl (C=O) groups is 1. The Bertz CT molecular complexity index is 1110. The quantitative estimate of drug-likeness (QED) is 0.516. The van der Waals surface area contributed by atoms with E-state index >= 15 is 0 Å². The van der Waals surface area contributed by atoms with Crippen LogP contribution in [0.3, 0.4) is 0 Å². The molecule has 0 aliphatic heterocycles. The third-order valence-corrected chi connectivity index (χ3v) is 5.77. The van der Waals surface area contributed by atoms with E-state index in [1.165, 1.54) is 17.7 Å². The van der Waals surface area contributed by atoms with Crippen molar-refractivity contribution in [1.29, 1.82) is 0 Å². The molecule has 29 heavy (non-hydrogen) atoms. The molecule has 2 heteroatoms. The van der Waals surface area contributed by atoms with Gasteiger partial charge in [0.25, 0.3) is 0 Å². The predicted octanol–water partition coefficient (Wildman–Crippen LogP) is 6.99. The van der Waals surface area contributed by atoms with E-state index < -0.39 is 0 Å². The van der Waals surface area contributed by atoms with E-state index in [2.05, 4.69) is 65.8 Å². The molecule has 0 saturated carbocycles. The number of carbonyl (C=O) groups excluding carboxylic acids is 1. The van der Waals surface area contributed by atoms with Gasteiger partial charge in [-0.1, -0.05) is 65.8 Å². The number of Topliss-reactive ketones (excluding diaryl/α,β-unsaturated/α-hetero) is 1. The molecular weight excluding hydrogens is 359 g/mol. The van der Waals surface area contributed by atoms with Gasteiger partial charge in [-0.15, -0.1) is 0 Å². The fourth-order valence-electron chi connectivity index (χ4n) is 4.07. The Morgan fingerprint density at radius 1 is 0.759 bits per heavy atom. The van der Waals surface area contributed by atoms with Gasteiger partial charge in [-0.25, -0.2) is 4.39 Å². The maximum Gasteiger partial charge on any atom is 0.194 e. The Kier molecular flexibility index (Phi) is 4.31. The van der Waals surface area contributed by atoms with Gasteiger partial charge in [-0.05, 0) is 74.6 Å². The van der Waals surface area contributed by atoms with Gasteiger partial charge in [0.1, 0.15) is 5.82 Å². The average Bonchev–Trinajstić information content (AvgIpc) is 2.99. The topological polar surface area (TPSA) is 17.1 Å². The molecule has 2 aliphatic rings. The molecule has 0 saturated heterocycles. The van der Waals surface area contributed by atoms with Crippen LogP contribution in [0.25, 0.3) is 17.2 Å². The number of ketones is 1. The molecule has 2 aromatic rings. The van der Waals surface area contributed by atoms with Gasteiger partial charge in [0, 0.05) is 11.1 Å². The number of allylic oxidation sites excluding steroid dienone is 5. The second-order valence-corrected chi connectivity index (χ2v) is 10.0. The third-order valence-electron chi connectivity index (χ3n) is 5.77. The molecule has 0 amide bonds. The molecule has 0 aromatic heterocycles. The Hall–Kier alpha value is -2.74. The van der Waals surface area contributed by atoms with E-state index in [-0.39, 0.29) is 22.4 Å². The summed E-state index contributed by atoms with van der Waals surface area (Å²) in [6.45, 7) is 13.0. The zero-order valence-corrected chi connectivity index (χ0v) is 18.0. The predicted molar refractivity (Wildman–Crippen MR) is 119 cm³/mol. The van der Waals surface area contributed by atoms with E-state index in [4.69, 9.17) is 0 Å². The van der Waals surface area contributed by atoms with Crippen molar-refractivity contribution in [2.24, 2.45) is 5.41 Å². The molecule has 0 fully saturated rings. The molecule has 0 N–H and O–H groups in total. The van der Waals surface area contributed by atoms with E-state index in [1.807, 2.05) is 6.08 Å². The lowest BCUT2D eigenvalue weighted by molar-refractivity contribution is -0.110. The van der Waals surface area contributed by atoms with Gasteiger partial charge in [-0.2, -0.15) is 0 Å². The smallest absolute Gasteiger partial charge is 0.194 e. The molecule has 2 aromatic carbocycles. The van der Waals surface area contributed by atoms with Crippen LogP contribution in [-0.2, 0) is 10.2 Å². The zero-order chi connectivity index (χ0) is 21.1. The van der Waals surface area contributed by atoms with Crippen molar-refractivity contribution < 1.29 is 9.18 Å². The maximum atomic E-state index is 13.6. The Morgan fingerprint density at radius 3 is 2.00 bits per heavy atom. The lowest BCUT2D eigenvalue weighted by Crippen LogP contribution is -2.20. The summed E-state index contributed by atoms with van der Waals surface area (Å²) in [4.78, 5) is 13.6. The lowest BCUT2D eigenvalue weighted by Gasteiger charge is -2.29. The van der Waals surface area contributed by atoms with Crippen LogP contribution < -0.4 is 0 Å². The molecule has 4 rings (SSSR count). The zero-order valence-electron chi connectivity index (χ0n) is 18.0. The minimum absolute atomic E-state index is 0.0209. The first-order chi connectivity index (χ1) is 13.5. The molecule has 0 heterocycles. The SMILES string of the molecule is CC(C)(C)C1=C(c2ccc(F)cc2)C(=O)C2=Cc3ccc(C(C)(C)C)cc3C2=C1. The van der Waals surface area contributed by atoms with Crippen LogP contribution >= 0.6 is 0 Å². The second-order valence-electron chi connectivity index (χ2n) is 10.0. The Labute approximate surface area is 172 Å². The van der Waals surface area contributed by atoms with E-state index in [0.29, 0.717) is 5.57 Å². The minimum atomic E-state index is -0.298. The normalized spacial score (nSPS) is 16.4. The Balaban J connectivity index is 1.95. The van der Waals surface area contributed by atoms with E-state index in [1.54, 1.807) is 12.1 Å². The highest BCUT2D eigenvalue weighted by atomic mass is 19.1. The summed E-state index contributed by atoms with van der Waals surface area (Å²) >= 11 is 0. The monoisotopic (exact) mass is 386 g/mol. The number of hydrogen-bond acceptors (Lipinski definition) is 1. The summed E-state index contributed by atoms with van der Waals surface area (Å²) < 4.78 is 13.5. The van der Waals surface area contributed by atoms with Crippen molar-refractivity contribution in [3.63, 3.8) is 0 Å². The highest BCUT2D eigenvalue weighted by Gasteiger charge is 2.36. The first-order valence-corrected chi connectivity index (χ1v) is 10.1. The molecule has 1 nitrogen and oxygen atoms in total. The fraction of sp³-hybridized carbons (Fsp3) is 0.296. The van der Waals surface area contributed by atoms with E-state index in [0.717, 1.165) is 33.4 Å². The van der Waals surface area contributed by atoms with Crippen molar-refractivity contribution in [3.8, 4) is 0 Å². The van der Waals surface area contributed by atoms with Crippen molar-refractivity contribution in [1.82, 2.24) is 0 Å². The molecule has 2 aliphatic carbocycles. The van der Waals surface area contributed by atoms with Gasteiger partial charge < -0.3 is 0 Å². The fourth-order valence-corrected chi connectivity index (χ4v) is 4.07. The molecular formula is C27H27FO. The lowest BCUT2D eigenvalue weighted by atomic mass is 9.74. The summed E-state index contributed by atoms with van der Waals surface area (Å²) in [5.41, 5.74) is 7.47. The van der Waals surface area contributed by atoms with Crippen molar-refractivity contribution in [2.45, 2.75) is 47.0 Å². The average molecular weight is 387 g/mol. The maximum absolute atomic E-state index is 13.6. The Morgan fingerprint density at radius 2 is 1.41 bits per heavy atom. The summed E-state index contributed by atoms with van der Waals surface area (Å²) in [6.07, 6.45) is 4.17. The van der Waals surface area contributed by atoms with Crippen LogP contribution in [0, 0.1) is 11.2 Å². The van der Waals surface area contributed by atoms with Gasteiger partial charge in [0.2, 0.25) is 0 Å². The molecule has 0 atom stereocenters. The summed E-state index contributed by atoms with van der Waals surface area (Å²) in [6, 6.07) is 12.7. The van der Waals surface area contributed by atoms with Crippen molar-refractivity contribution in [3.05, 3.63) is 87.8 Å². The summed E-state index contributed by atoms with van der Waals surface area (Å²) in [5.74, 6) is -0.277. The van der Waals surface area contributed by atoms with Crippen LogP contribution in [-0.4, -0.2) is 5.78 Å². The van der Waals surface area contributed by atoms with Crippen LogP contribution in [0.1, 0.15) is 63.8 Å². The van der Waals surface area contributed by atoms with Crippen molar-refractivity contribution in [2.75, 3.05) is 0 Å². The standard InChI is InChI=1S/C27H27FO/c1-26(2,3)18-10-7-17-13-22-21(20(17)14-18)15-23(27(4,5)6)24(25(22)29)16-8-11-19(28)12-9-16/h7-15H,1-6H3. The van der Waals surface area contributed by atoms with Crippen LogP contribution in [0.2, 0.25) is 0 Å². The minimum Gasteiger partial charge on any atom is -0.289 e. The summed E-state index contributed by atoms with van der Waals surface area (Å²) in [7, 11) is 0. The number of fused-ring (bicyclic) bond motifs is 3. The number of halogens is 1. The highest BCUT2D eigenvalue weighted by Crippen LogP contribution is 2.48. The van der Waals surface area contributed by atoms with Gasteiger partial charge in [0.05, 0.1) is 0 Å². The molecule has 0 unspecified atom stereocenters. The largest absolute Gasteiger partial charge is 0.289 e. The summed E-state index contributed by atoms with van der Waals surface area (Å²) in [5, 5.41) is 0. The van der Waals surface area contributed by atoms with Crippen LogP contribution in [0.4, 0.5) is 4.39 Å². The number of hydrogen-bond donors (Lipinski definition) is 0. The number of benzene rings is 2. The van der Waals surface area contributed by atoms with E-state index in [9.17, 15) is 9.18 Å². The molecule has 0 bridgehead atoms. The molecule has 0 spiro atoms. The van der Waals surface area contributed by atoms with Crippen LogP contribution in [0.15, 0.2) is 59.7 Å². The van der Waals surface area contributed by atoms with Crippen LogP contribution in [0.5, 0.6) is 0 Å². The second kappa shape index (κ2) is 6.38.